The predicted molar refractivity (Wildman–Crippen MR) is 69.3 cm³/mol. The van der Waals surface area contributed by atoms with Gasteiger partial charge < -0.3 is 4.98 Å². The van der Waals surface area contributed by atoms with Gasteiger partial charge in [-0.2, -0.15) is 0 Å². The second kappa shape index (κ2) is 4.40. The van der Waals surface area contributed by atoms with Crippen LogP contribution >= 0.6 is 15.9 Å². The molecule has 2 heteroatoms. The van der Waals surface area contributed by atoms with Crippen LogP contribution in [0.1, 0.15) is 38.2 Å². The van der Waals surface area contributed by atoms with Gasteiger partial charge in [0.1, 0.15) is 0 Å². The minimum atomic E-state index is 0.637. The maximum atomic E-state index is 3.53. The highest BCUT2D eigenvalue weighted by Crippen LogP contribution is 2.30. The SMILES string of the molecule is CCCC(C)c1c[nH]c2ccc(Br)cc12. The van der Waals surface area contributed by atoms with Gasteiger partial charge in [0.25, 0.3) is 0 Å². The zero-order valence-electron chi connectivity index (χ0n) is 9.18. The molecule has 80 valence electrons. The van der Waals surface area contributed by atoms with Crippen molar-refractivity contribution in [3.05, 3.63) is 34.4 Å². The molecule has 1 unspecified atom stereocenters. The van der Waals surface area contributed by atoms with E-state index in [4.69, 9.17) is 0 Å². The molecule has 0 aliphatic rings. The van der Waals surface area contributed by atoms with Crippen LogP contribution < -0.4 is 0 Å². The Hall–Kier alpha value is -0.760. The van der Waals surface area contributed by atoms with E-state index in [1.165, 1.54) is 29.3 Å². The molecule has 1 aromatic carbocycles. The lowest BCUT2D eigenvalue weighted by Gasteiger charge is -2.08. The molecule has 0 saturated carbocycles. The van der Waals surface area contributed by atoms with Crippen molar-refractivity contribution in [2.45, 2.75) is 32.6 Å². The Morgan fingerprint density at radius 2 is 2.20 bits per heavy atom. The van der Waals surface area contributed by atoms with Crippen LogP contribution in [0.5, 0.6) is 0 Å². The lowest BCUT2D eigenvalue weighted by atomic mass is 9.96. The summed E-state index contributed by atoms with van der Waals surface area (Å²) in [6, 6.07) is 6.40. The zero-order valence-corrected chi connectivity index (χ0v) is 10.8. The van der Waals surface area contributed by atoms with Crippen LogP contribution in [-0.2, 0) is 0 Å². The third-order valence-electron chi connectivity index (χ3n) is 2.93. The average molecular weight is 266 g/mol. The van der Waals surface area contributed by atoms with Crippen molar-refractivity contribution in [2.75, 3.05) is 0 Å². The van der Waals surface area contributed by atoms with E-state index in [-0.39, 0.29) is 0 Å². The number of aromatic amines is 1. The lowest BCUT2D eigenvalue weighted by Crippen LogP contribution is -1.90. The van der Waals surface area contributed by atoms with E-state index >= 15 is 0 Å². The van der Waals surface area contributed by atoms with Gasteiger partial charge in [-0.25, -0.2) is 0 Å². The molecule has 1 N–H and O–H groups in total. The molecule has 0 spiro atoms. The first-order chi connectivity index (χ1) is 7.22. The van der Waals surface area contributed by atoms with Crippen molar-refractivity contribution in [2.24, 2.45) is 0 Å². The highest BCUT2D eigenvalue weighted by atomic mass is 79.9. The van der Waals surface area contributed by atoms with E-state index in [0.717, 1.165) is 4.47 Å². The van der Waals surface area contributed by atoms with Crippen LogP contribution in [0.3, 0.4) is 0 Å². The Bertz CT molecular complexity index is 459. The number of benzene rings is 1. The van der Waals surface area contributed by atoms with E-state index in [2.05, 4.69) is 59.2 Å². The molecule has 0 radical (unpaired) electrons. The van der Waals surface area contributed by atoms with Crippen molar-refractivity contribution in [3.63, 3.8) is 0 Å². The molecule has 0 aliphatic carbocycles. The maximum Gasteiger partial charge on any atom is 0.0457 e. The molecule has 1 aromatic heterocycles. The number of H-pyrrole nitrogens is 1. The fourth-order valence-corrected chi connectivity index (χ4v) is 2.47. The first kappa shape index (κ1) is 10.7. The minimum Gasteiger partial charge on any atom is -0.361 e. The van der Waals surface area contributed by atoms with Gasteiger partial charge in [-0.1, -0.05) is 36.2 Å². The van der Waals surface area contributed by atoms with Crippen LogP contribution in [0, 0.1) is 0 Å². The maximum absolute atomic E-state index is 3.53. The summed E-state index contributed by atoms with van der Waals surface area (Å²) in [6.07, 6.45) is 4.64. The van der Waals surface area contributed by atoms with E-state index in [9.17, 15) is 0 Å². The average Bonchev–Trinajstić information content (AvgIpc) is 2.60. The van der Waals surface area contributed by atoms with Crippen LogP contribution in [0.25, 0.3) is 10.9 Å². The van der Waals surface area contributed by atoms with Crippen LogP contribution in [0.2, 0.25) is 0 Å². The van der Waals surface area contributed by atoms with E-state index < -0.39 is 0 Å². The van der Waals surface area contributed by atoms with E-state index in [0.29, 0.717) is 5.92 Å². The van der Waals surface area contributed by atoms with Crippen molar-refractivity contribution in [1.82, 2.24) is 4.98 Å². The molecule has 0 bridgehead atoms. The Morgan fingerprint density at radius 1 is 1.40 bits per heavy atom. The van der Waals surface area contributed by atoms with Gasteiger partial charge in [0.2, 0.25) is 0 Å². The largest absolute Gasteiger partial charge is 0.361 e. The summed E-state index contributed by atoms with van der Waals surface area (Å²) >= 11 is 3.53. The van der Waals surface area contributed by atoms with Crippen molar-refractivity contribution in [3.8, 4) is 0 Å². The van der Waals surface area contributed by atoms with Crippen LogP contribution in [-0.4, -0.2) is 4.98 Å². The quantitative estimate of drug-likeness (QED) is 0.818. The highest BCUT2D eigenvalue weighted by molar-refractivity contribution is 9.10. The number of hydrogen-bond acceptors (Lipinski definition) is 0. The number of rotatable bonds is 3. The Kier molecular flexibility index (Phi) is 3.15. The Balaban J connectivity index is 2.47. The Morgan fingerprint density at radius 3 is 2.93 bits per heavy atom. The smallest absolute Gasteiger partial charge is 0.0457 e. The molecule has 1 heterocycles. The first-order valence-corrected chi connectivity index (χ1v) is 6.28. The number of aromatic nitrogens is 1. The summed E-state index contributed by atoms with van der Waals surface area (Å²) in [6.45, 7) is 4.54. The molecule has 0 aliphatic heterocycles. The van der Waals surface area contributed by atoms with Gasteiger partial charge in [0.15, 0.2) is 0 Å². The zero-order chi connectivity index (χ0) is 10.8. The fraction of sp³-hybridized carbons (Fsp3) is 0.385. The Labute approximate surface area is 99.0 Å². The number of halogens is 1. The summed E-state index contributed by atoms with van der Waals surface area (Å²) in [5.74, 6) is 0.637. The summed E-state index contributed by atoms with van der Waals surface area (Å²) < 4.78 is 1.15. The lowest BCUT2D eigenvalue weighted by molar-refractivity contribution is 0.669. The van der Waals surface area contributed by atoms with E-state index in [1.807, 2.05) is 0 Å². The van der Waals surface area contributed by atoms with Gasteiger partial charge in [0, 0.05) is 21.6 Å². The molecule has 1 nitrogen and oxygen atoms in total. The van der Waals surface area contributed by atoms with Gasteiger partial charge in [-0.15, -0.1) is 0 Å². The standard InChI is InChI=1S/C13H16BrN/c1-3-4-9(2)12-8-15-13-6-5-10(14)7-11(12)13/h5-9,15H,3-4H2,1-2H3. The first-order valence-electron chi connectivity index (χ1n) is 5.49. The summed E-state index contributed by atoms with van der Waals surface area (Å²) in [7, 11) is 0. The molecular weight excluding hydrogens is 250 g/mol. The third-order valence-corrected chi connectivity index (χ3v) is 3.42. The molecule has 1 atom stereocenters. The monoisotopic (exact) mass is 265 g/mol. The van der Waals surface area contributed by atoms with Crippen LogP contribution in [0.4, 0.5) is 0 Å². The number of nitrogens with one attached hydrogen (secondary N) is 1. The molecule has 2 rings (SSSR count). The van der Waals surface area contributed by atoms with Crippen molar-refractivity contribution < 1.29 is 0 Å². The predicted octanol–water partition coefficient (Wildman–Crippen LogP) is 4.83. The molecular formula is C13H16BrN. The minimum absolute atomic E-state index is 0.637. The van der Waals surface area contributed by atoms with Crippen molar-refractivity contribution >= 4 is 26.8 Å². The van der Waals surface area contributed by atoms with Gasteiger partial charge in [-0.05, 0) is 36.1 Å². The second-order valence-electron chi connectivity index (χ2n) is 4.12. The van der Waals surface area contributed by atoms with Gasteiger partial charge >= 0.3 is 0 Å². The molecule has 0 fully saturated rings. The molecule has 0 amide bonds. The molecule has 15 heavy (non-hydrogen) atoms. The topological polar surface area (TPSA) is 15.8 Å². The fourth-order valence-electron chi connectivity index (χ4n) is 2.11. The second-order valence-corrected chi connectivity index (χ2v) is 5.04. The van der Waals surface area contributed by atoms with Crippen molar-refractivity contribution in [1.29, 1.82) is 0 Å². The normalized spacial score (nSPS) is 13.3. The highest BCUT2D eigenvalue weighted by Gasteiger charge is 2.10. The molecule has 0 saturated heterocycles. The number of hydrogen-bond donors (Lipinski definition) is 1. The summed E-state index contributed by atoms with van der Waals surface area (Å²) in [5, 5.41) is 1.35. The number of fused-ring (bicyclic) bond motifs is 1. The van der Waals surface area contributed by atoms with Crippen LogP contribution in [0.15, 0.2) is 28.9 Å². The van der Waals surface area contributed by atoms with Gasteiger partial charge in [-0.3, -0.25) is 0 Å². The summed E-state index contributed by atoms with van der Waals surface area (Å²) in [4.78, 5) is 3.33. The summed E-state index contributed by atoms with van der Waals surface area (Å²) in [5.41, 5.74) is 2.67. The molecule has 2 aromatic rings. The van der Waals surface area contributed by atoms with E-state index in [1.54, 1.807) is 0 Å². The van der Waals surface area contributed by atoms with Gasteiger partial charge in [0.05, 0.1) is 0 Å². The third kappa shape index (κ3) is 2.10.